The van der Waals surface area contributed by atoms with Crippen molar-refractivity contribution in [3.63, 3.8) is 0 Å². The molecule has 1 aliphatic rings. The van der Waals surface area contributed by atoms with Crippen LogP contribution in [0.4, 0.5) is 10.1 Å². The second-order valence-corrected chi connectivity index (χ2v) is 7.08. The molecule has 2 aromatic rings. The highest BCUT2D eigenvalue weighted by Crippen LogP contribution is 2.27. The SMILES string of the molecule is Nc1cc2nnn(C3CCS(=O)(=O)CC3)c2cc1F. The smallest absolute Gasteiger partial charge is 0.150 e. The van der Waals surface area contributed by atoms with Crippen LogP contribution in [0.2, 0.25) is 0 Å². The number of rotatable bonds is 1. The van der Waals surface area contributed by atoms with Crippen molar-refractivity contribution in [3.05, 3.63) is 17.9 Å². The molecule has 3 rings (SSSR count). The van der Waals surface area contributed by atoms with Gasteiger partial charge in [-0.25, -0.2) is 17.5 Å². The molecule has 0 atom stereocenters. The summed E-state index contributed by atoms with van der Waals surface area (Å²) in [5, 5.41) is 7.95. The highest BCUT2D eigenvalue weighted by atomic mass is 32.2. The van der Waals surface area contributed by atoms with Crippen LogP contribution in [0.1, 0.15) is 18.9 Å². The predicted molar refractivity (Wildman–Crippen MR) is 68.8 cm³/mol. The first-order valence-electron chi connectivity index (χ1n) is 5.96. The van der Waals surface area contributed by atoms with Gasteiger partial charge in [-0.05, 0) is 18.9 Å². The molecule has 2 heterocycles. The summed E-state index contributed by atoms with van der Waals surface area (Å²) >= 11 is 0. The largest absolute Gasteiger partial charge is 0.396 e. The Kier molecular flexibility index (Phi) is 2.70. The second-order valence-electron chi connectivity index (χ2n) is 4.78. The predicted octanol–water partition coefficient (Wildman–Crippen LogP) is 0.902. The molecule has 6 nitrogen and oxygen atoms in total. The number of sulfone groups is 1. The molecule has 102 valence electrons. The zero-order valence-corrected chi connectivity index (χ0v) is 10.9. The highest BCUT2D eigenvalue weighted by molar-refractivity contribution is 7.91. The fourth-order valence-electron chi connectivity index (χ4n) is 2.37. The first kappa shape index (κ1) is 12.3. The summed E-state index contributed by atoms with van der Waals surface area (Å²) < 4.78 is 37.9. The van der Waals surface area contributed by atoms with Crippen LogP contribution in [-0.2, 0) is 9.84 Å². The van der Waals surface area contributed by atoms with E-state index in [0.717, 1.165) is 0 Å². The van der Waals surface area contributed by atoms with Gasteiger partial charge in [-0.15, -0.1) is 5.10 Å². The fraction of sp³-hybridized carbons (Fsp3) is 0.455. The van der Waals surface area contributed by atoms with Crippen LogP contribution < -0.4 is 5.73 Å². The van der Waals surface area contributed by atoms with E-state index in [2.05, 4.69) is 10.3 Å². The molecule has 0 saturated carbocycles. The third kappa shape index (κ3) is 2.16. The molecule has 0 unspecified atom stereocenters. The van der Waals surface area contributed by atoms with E-state index in [4.69, 9.17) is 5.73 Å². The molecule has 1 saturated heterocycles. The summed E-state index contributed by atoms with van der Waals surface area (Å²) in [4.78, 5) is 0. The van der Waals surface area contributed by atoms with Crippen LogP contribution in [0.15, 0.2) is 12.1 Å². The average Bonchev–Trinajstić information content (AvgIpc) is 2.73. The van der Waals surface area contributed by atoms with E-state index < -0.39 is 15.7 Å². The van der Waals surface area contributed by atoms with Crippen molar-refractivity contribution in [2.24, 2.45) is 0 Å². The minimum absolute atomic E-state index is 0.0331. The molecule has 19 heavy (non-hydrogen) atoms. The Hall–Kier alpha value is -1.70. The maximum Gasteiger partial charge on any atom is 0.150 e. The topological polar surface area (TPSA) is 90.9 Å². The molecule has 0 bridgehead atoms. The number of hydrogen-bond acceptors (Lipinski definition) is 5. The molecular weight excluding hydrogens is 271 g/mol. The minimum atomic E-state index is -2.93. The summed E-state index contributed by atoms with van der Waals surface area (Å²) in [6.45, 7) is 0. The van der Waals surface area contributed by atoms with E-state index >= 15 is 0 Å². The van der Waals surface area contributed by atoms with Gasteiger partial charge in [-0.2, -0.15) is 0 Å². The van der Waals surface area contributed by atoms with E-state index in [0.29, 0.717) is 23.9 Å². The zero-order chi connectivity index (χ0) is 13.6. The van der Waals surface area contributed by atoms with Crippen molar-refractivity contribution in [1.29, 1.82) is 0 Å². The molecule has 2 N–H and O–H groups in total. The van der Waals surface area contributed by atoms with Crippen molar-refractivity contribution >= 4 is 26.6 Å². The van der Waals surface area contributed by atoms with Crippen molar-refractivity contribution in [3.8, 4) is 0 Å². The number of nitrogens with two attached hydrogens (primary N) is 1. The average molecular weight is 284 g/mol. The molecule has 0 amide bonds. The molecule has 1 aliphatic heterocycles. The lowest BCUT2D eigenvalue weighted by atomic mass is 10.1. The number of aromatic nitrogens is 3. The molecule has 1 aromatic heterocycles. The van der Waals surface area contributed by atoms with Gasteiger partial charge in [0.05, 0.1) is 28.8 Å². The Morgan fingerprint density at radius 1 is 1.32 bits per heavy atom. The molecule has 0 aliphatic carbocycles. The molecule has 8 heteroatoms. The van der Waals surface area contributed by atoms with E-state index in [-0.39, 0.29) is 23.2 Å². The lowest BCUT2D eigenvalue weighted by Crippen LogP contribution is -2.26. The lowest BCUT2D eigenvalue weighted by molar-refractivity contribution is 0.414. The number of nitrogens with zero attached hydrogens (tertiary/aromatic N) is 3. The molecule has 1 fully saturated rings. The number of nitrogen functional groups attached to an aromatic ring is 1. The number of halogens is 1. The fourth-order valence-corrected chi connectivity index (χ4v) is 3.83. The Balaban J connectivity index is 2.00. The third-order valence-electron chi connectivity index (χ3n) is 3.46. The van der Waals surface area contributed by atoms with Gasteiger partial charge in [0.25, 0.3) is 0 Å². The second kappa shape index (κ2) is 4.16. The van der Waals surface area contributed by atoms with Gasteiger partial charge in [0.1, 0.15) is 21.2 Å². The lowest BCUT2D eigenvalue weighted by Gasteiger charge is -2.22. The van der Waals surface area contributed by atoms with Crippen LogP contribution >= 0.6 is 0 Å². The van der Waals surface area contributed by atoms with Crippen molar-refractivity contribution < 1.29 is 12.8 Å². The molecule has 1 aromatic carbocycles. The van der Waals surface area contributed by atoms with Gasteiger partial charge in [-0.1, -0.05) is 5.21 Å². The van der Waals surface area contributed by atoms with E-state index in [1.54, 1.807) is 4.68 Å². The van der Waals surface area contributed by atoms with Gasteiger partial charge in [0, 0.05) is 6.07 Å². The van der Waals surface area contributed by atoms with Crippen molar-refractivity contribution in [1.82, 2.24) is 15.0 Å². The first-order valence-corrected chi connectivity index (χ1v) is 7.79. The molecule has 0 spiro atoms. The monoisotopic (exact) mass is 284 g/mol. The van der Waals surface area contributed by atoms with Gasteiger partial charge in [0.15, 0.2) is 0 Å². The zero-order valence-electron chi connectivity index (χ0n) is 10.1. The summed E-state index contributed by atoms with van der Waals surface area (Å²) in [6, 6.07) is 2.68. The number of anilines is 1. The summed E-state index contributed by atoms with van der Waals surface area (Å²) in [7, 11) is -2.93. The standard InChI is InChI=1S/C11H13FN4O2S/c12-8-5-11-10(6-9(8)13)14-15-16(11)7-1-3-19(17,18)4-2-7/h5-7H,1-4,13H2. The van der Waals surface area contributed by atoms with Gasteiger partial charge >= 0.3 is 0 Å². The summed E-state index contributed by atoms with van der Waals surface area (Å²) in [5.74, 6) is -0.244. The van der Waals surface area contributed by atoms with Gasteiger partial charge in [0.2, 0.25) is 0 Å². The molecular formula is C11H13FN4O2S. The van der Waals surface area contributed by atoms with Crippen molar-refractivity contribution in [2.75, 3.05) is 17.2 Å². The Labute approximate surface area is 109 Å². The third-order valence-corrected chi connectivity index (χ3v) is 5.17. The van der Waals surface area contributed by atoms with E-state index in [1.807, 2.05) is 0 Å². The van der Waals surface area contributed by atoms with Crippen LogP contribution in [0.5, 0.6) is 0 Å². The Morgan fingerprint density at radius 2 is 2.00 bits per heavy atom. The maximum absolute atomic E-state index is 13.5. The Morgan fingerprint density at radius 3 is 2.68 bits per heavy atom. The van der Waals surface area contributed by atoms with Crippen molar-refractivity contribution in [2.45, 2.75) is 18.9 Å². The van der Waals surface area contributed by atoms with Gasteiger partial charge in [-0.3, -0.25) is 0 Å². The number of fused-ring (bicyclic) bond motifs is 1. The quantitative estimate of drug-likeness (QED) is 0.786. The Bertz CT molecular complexity index is 726. The highest BCUT2D eigenvalue weighted by Gasteiger charge is 2.26. The van der Waals surface area contributed by atoms with Gasteiger partial charge < -0.3 is 5.73 Å². The van der Waals surface area contributed by atoms with Crippen LogP contribution in [-0.4, -0.2) is 34.9 Å². The minimum Gasteiger partial charge on any atom is -0.396 e. The molecule has 0 radical (unpaired) electrons. The summed E-state index contributed by atoms with van der Waals surface area (Å²) in [6.07, 6.45) is 0.958. The van der Waals surface area contributed by atoms with Crippen LogP contribution in [0.25, 0.3) is 11.0 Å². The first-order chi connectivity index (χ1) is 8.96. The normalized spacial score (nSPS) is 19.8. The van der Waals surface area contributed by atoms with E-state index in [1.165, 1.54) is 12.1 Å². The van der Waals surface area contributed by atoms with Crippen LogP contribution in [0, 0.1) is 5.82 Å². The number of hydrogen-bond donors (Lipinski definition) is 1. The summed E-state index contributed by atoms with van der Waals surface area (Å²) in [5.41, 5.74) is 6.58. The maximum atomic E-state index is 13.5. The van der Waals surface area contributed by atoms with Crippen LogP contribution in [0.3, 0.4) is 0 Å². The van der Waals surface area contributed by atoms with E-state index in [9.17, 15) is 12.8 Å². The number of benzene rings is 1.